The molecule has 0 atom stereocenters. The summed E-state index contributed by atoms with van der Waals surface area (Å²) in [6, 6.07) is 35.4. The molecule has 7 aromatic carbocycles. The molecule has 0 unspecified atom stereocenters. The van der Waals surface area contributed by atoms with E-state index in [1.165, 1.54) is 18.2 Å². The van der Waals surface area contributed by atoms with Crippen molar-refractivity contribution in [2.24, 2.45) is 0 Å². The van der Waals surface area contributed by atoms with Crippen molar-refractivity contribution in [3.05, 3.63) is 162 Å². The topological polar surface area (TPSA) is 38.7 Å². The Morgan fingerprint density at radius 3 is 1.27 bits per heavy atom. The molecule has 0 fully saturated rings. The summed E-state index contributed by atoms with van der Waals surface area (Å²) in [7, 11) is 0. The number of halogens is 7. The molecule has 0 saturated heterocycles. The lowest BCUT2D eigenvalue weighted by atomic mass is 9.89. The van der Waals surface area contributed by atoms with E-state index in [9.17, 15) is 22.0 Å². The van der Waals surface area contributed by atoms with Crippen LogP contribution in [0.2, 0.25) is 0 Å². The highest BCUT2D eigenvalue weighted by atomic mass is 19.2. The van der Waals surface area contributed by atoms with Crippen molar-refractivity contribution in [1.29, 1.82) is 0 Å². The molecule has 3 nitrogen and oxygen atoms in total. The van der Waals surface area contributed by atoms with Crippen molar-refractivity contribution in [3.63, 3.8) is 0 Å². The fourth-order valence-electron chi connectivity index (χ4n) is 6.19. The molecular weight excluding hydrogens is 667 g/mol. The second-order valence-corrected chi connectivity index (χ2v) is 11.7. The van der Waals surface area contributed by atoms with Gasteiger partial charge in [0.05, 0.1) is 5.39 Å². The van der Waals surface area contributed by atoms with E-state index in [1.54, 1.807) is 24.3 Å². The molecule has 0 aliphatic rings. The van der Waals surface area contributed by atoms with Crippen LogP contribution in [0.3, 0.4) is 0 Å². The molecule has 1 heterocycles. The number of hydrogen-bond acceptors (Lipinski definition) is 3. The molecule has 8 aromatic rings. The molecule has 0 amide bonds. The van der Waals surface area contributed by atoms with Crippen LogP contribution in [0.4, 0.5) is 30.7 Å². The molecule has 0 aliphatic carbocycles. The van der Waals surface area contributed by atoms with Gasteiger partial charge in [0.2, 0.25) is 0 Å². The summed E-state index contributed by atoms with van der Waals surface area (Å²) in [5.74, 6) is -13.7. The lowest BCUT2D eigenvalue weighted by Gasteiger charge is -2.17. The highest BCUT2D eigenvalue weighted by Gasteiger charge is 2.31. The SMILES string of the molecule is Fc1c(F)c(F)c2c(-c3ccccc3-c3ccc4cc(-c5nc(-c6ccccc6)nc(-c6ccccc6)n5)ccc4c3)c(F)c(F)c(F)c2c1F. The molecule has 248 valence electrons. The van der Waals surface area contributed by atoms with Crippen molar-refractivity contribution < 1.29 is 30.7 Å². The van der Waals surface area contributed by atoms with Crippen LogP contribution < -0.4 is 0 Å². The third kappa shape index (κ3) is 5.36. The van der Waals surface area contributed by atoms with Gasteiger partial charge in [0.1, 0.15) is 0 Å². The quantitative estimate of drug-likeness (QED) is 0.103. The van der Waals surface area contributed by atoms with Gasteiger partial charge >= 0.3 is 0 Å². The minimum absolute atomic E-state index is 0.203. The van der Waals surface area contributed by atoms with Crippen molar-refractivity contribution in [1.82, 2.24) is 15.0 Å². The molecule has 0 aliphatic heterocycles. The average Bonchev–Trinajstić information content (AvgIpc) is 3.18. The maximum atomic E-state index is 15.5. The molecule has 0 radical (unpaired) electrons. The number of rotatable bonds is 5. The maximum absolute atomic E-state index is 15.5. The molecule has 51 heavy (non-hydrogen) atoms. The van der Waals surface area contributed by atoms with Gasteiger partial charge in [-0.25, -0.2) is 45.7 Å². The van der Waals surface area contributed by atoms with Crippen LogP contribution >= 0.6 is 0 Å². The molecule has 0 saturated carbocycles. The second-order valence-electron chi connectivity index (χ2n) is 11.7. The highest BCUT2D eigenvalue weighted by molar-refractivity contribution is 6.03. The van der Waals surface area contributed by atoms with E-state index in [-0.39, 0.29) is 11.1 Å². The third-order valence-corrected chi connectivity index (χ3v) is 8.65. The smallest absolute Gasteiger partial charge is 0.198 e. The lowest BCUT2D eigenvalue weighted by molar-refractivity contribution is 0.411. The van der Waals surface area contributed by atoms with E-state index in [2.05, 4.69) is 0 Å². The molecule has 1 aromatic heterocycles. The molecular formula is C41H20F7N3. The van der Waals surface area contributed by atoms with Crippen LogP contribution in [-0.4, -0.2) is 15.0 Å². The van der Waals surface area contributed by atoms with Crippen LogP contribution in [-0.2, 0) is 0 Å². The summed E-state index contributed by atoms with van der Waals surface area (Å²) in [5, 5.41) is -1.34. The zero-order valence-corrected chi connectivity index (χ0v) is 26.0. The largest absolute Gasteiger partial charge is 0.208 e. The predicted molar refractivity (Wildman–Crippen MR) is 182 cm³/mol. The standard InChI is InChI=1S/C41H20F7N3/c42-32-29(30-31(34(44)36(32)46)35(45)38(48)37(47)33(30)43)28-14-8-7-13-27(28)25-17-15-24-20-26(18-16-23(24)19-25)41-50-39(21-9-3-1-4-10-21)49-40(51-41)22-11-5-2-6-12-22/h1-20H. The Morgan fingerprint density at radius 1 is 0.314 bits per heavy atom. The zero-order valence-electron chi connectivity index (χ0n) is 26.0. The number of fused-ring (bicyclic) bond motifs is 2. The minimum atomic E-state index is -2.34. The highest BCUT2D eigenvalue weighted by Crippen LogP contribution is 2.43. The Hall–Kier alpha value is -6.42. The summed E-state index contributed by atoms with van der Waals surface area (Å²) in [5.41, 5.74) is 1.79. The van der Waals surface area contributed by atoms with Crippen molar-refractivity contribution in [3.8, 4) is 56.4 Å². The monoisotopic (exact) mass is 687 g/mol. The van der Waals surface area contributed by atoms with Crippen molar-refractivity contribution in [2.75, 3.05) is 0 Å². The van der Waals surface area contributed by atoms with E-state index < -0.39 is 57.1 Å². The molecule has 8 rings (SSSR count). The average molecular weight is 688 g/mol. The van der Waals surface area contributed by atoms with Crippen LogP contribution in [0.25, 0.3) is 78.0 Å². The zero-order chi connectivity index (χ0) is 35.4. The Kier molecular flexibility index (Phi) is 7.79. The van der Waals surface area contributed by atoms with E-state index >= 15 is 8.78 Å². The normalized spacial score (nSPS) is 11.4. The van der Waals surface area contributed by atoms with Gasteiger partial charge in [0, 0.05) is 27.6 Å². The van der Waals surface area contributed by atoms with Gasteiger partial charge in [-0.2, -0.15) is 0 Å². The third-order valence-electron chi connectivity index (χ3n) is 8.65. The molecule has 0 bridgehead atoms. The Balaban J connectivity index is 1.26. The van der Waals surface area contributed by atoms with Gasteiger partial charge in [-0.15, -0.1) is 0 Å². The molecule has 10 heteroatoms. The van der Waals surface area contributed by atoms with Gasteiger partial charge in [-0.3, -0.25) is 0 Å². The fraction of sp³-hybridized carbons (Fsp3) is 0. The first-order valence-corrected chi connectivity index (χ1v) is 15.5. The van der Waals surface area contributed by atoms with E-state index in [0.29, 0.717) is 34.0 Å². The van der Waals surface area contributed by atoms with Crippen molar-refractivity contribution >= 4 is 21.5 Å². The van der Waals surface area contributed by atoms with Gasteiger partial charge in [-0.1, -0.05) is 109 Å². The number of nitrogens with zero attached hydrogens (tertiary/aromatic N) is 3. The lowest BCUT2D eigenvalue weighted by Crippen LogP contribution is -2.06. The summed E-state index contributed by atoms with van der Waals surface area (Å²) >= 11 is 0. The summed E-state index contributed by atoms with van der Waals surface area (Å²) < 4.78 is 104. The van der Waals surface area contributed by atoms with Crippen LogP contribution in [0.15, 0.2) is 121 Å². The maximum Gasteiger partial charge on any atom is 0.198 e. The number of hydrogen-bond donors (Lipinski definition) is 0. The summed E-state index contributed by atoms with van der Waals surface area (Å²) in [4.78, 5) is 14.2. The molecule has 0 spiro atoms. The van der Waals surface area contributed by atoms with E-state index in [1.807, 2.05) is 78.9 Å². The molecule has 0 N–H and O–H groups in total. The van der Waals surface area contributed by atoms with Crippen LogP contribution in [0.5, 0.6) is 0 Å². The Bertz CT molecular complexity index is 2600. The van der Waals surface area contributed by atoms with E-state index in [4.69, 9.17) is 15.0 Å². The van der Waals surface area contributed by atoms with Gasteiger partial charge in [0.25, 0.3) is 0 Å². The first-order valence-electron chi connectivity index (χ1n) is 15.5. The number of benzene rings is 7. The van der Waals surface area contributed by atoms with Crippen LogP contribution in [0, 0.1) is 40.7 Å². The van der Waals surface area contributed by atoms with Gasteiger partial charge < -0.3 is 0 Å². The Morgan fingerprint density at radius 2 is 0.725 bits per heavy atom. The predicted octanol–water partition coefficient (Wildman–Crippen LogP) is 11.5. The second kappa shape index (κ2) is 12.5. The Labute approximate surface area is 285 Å². The first kappa shape index (κ1) is 31.8. The summed E-state index contributed by atoms with van der Waals surface area (Å²) in [6.07, 6.45) is 0. The van der Waals surface area contributed by atoms with Crippen LogP contribution in [0.1, 0.15) is 0 Å². The van der Waals surface area contributed by atoms with Gasteiger partial charge in [-0.05, 0) is 39.6 Å². The number of aromatic nitrogens is 3. The fourth-order valence-corrected chi connectivity index (χ4v) is 6.19. The van der Waals surface area contributed by atoms with Gasteiger partial charge in [0.15, 0.2) is 58.2 Å². The van der Waals surface area contributed by atoms with E-state index in [0.717, 1.165) is 16.5 Å². The first-order chi connectivity index (χ1) is 24.7. The summed E-state index contributed by atoms with van der Waals surface area (Å²) in [6.45, 7) is 0. The van der Waals surface area contributed by atoms with Crippen molar-refractivity contribution in [2.45, 2.75) is 0 Å². The minimum Gasteiger partial charge on any atom is -0.208 e.